The predicted molar refractivity (Wildman–Crippen MR) is 74.8 cm³/mol. The van der Waals surface area contributed by atoms with Crippen LogP contribution in [0.2, 0.25) is 0 Å². The minimum atomic E-state index is 0.511. The van der Waals surface area contributed by atoms with Crippen molar-refractivity contribution >= 4 is 0 Å². The summed E-state index contributed by atoms with van der Waals surface area (Å²) in [6.45, 7) is 4.70. The Kier molecular flexibility index (Phi) is 4.90. The molecule has 2 N–H and O–H groups in total. The van der Waals surface area contributed by atoms with Crippen LogP contribution in [-0.4, -0.2) is 6.04 Å². The fraction of sp³-hybridized carbons (Fsp3) is 1.00. The molecule has 5 unspecified atom stereocenters. The van der Waals surface area contributed by atoms with Crippen LogP contribution in [-0.2, 0) is 0 Å². The molecule has 0 saturated heterocycles. The first-order chi connectivity index (χ1) is 8.26. The second-order valence-corrected chi connectivity index (χ2v) is 6.54. The van der Waals surface area contributed by atoms with Gasteiger partial charge in [-0.3, -0.25) is 0 Å². The van der Waals surface area contributed by atoms with Crippen molar-refractivity contribution in [3.05, 3.63) is 0 Å². The Hall–Kier alpha value is -0.0400. The fourth-order valence-electron chi connectivity index (χ4n) is 4.43. The van der Waals surface area contributed by atoms with E-state index in [0.717, 1.165) is 23.7 Å². The molecule has 100 valence electrons. The third-order valence-electron chi connectivity index (χ3n) is 5.69. The van der Waals surface area contributed by atoms with E-state index < -0.39 is 0 Å². The molecule has 0 bridgehead atoms. The van der Waals surface area contributed by atoms with Crippen molar-refractivity contribution in [2.75, 3.05) is 0 Å². The van der Waals surface area contributed by atoms with Crippen LogP contribution >= 0.6 is 0 Å². The summed E-state index contributed by atoms with van der Waals surface area (Å²) in [4.78, 5) is 0. The molecule has 1 nitrogen and oxygen atoms in total. The normalized spacial score (nSPS) is 40.4. The quantitative estimate of drug-likeness (QED) is 0.772. The van der Waals surface area contributed by atoms with E-state index in [1.807, 2.05) is 0 Å². The molecule has 2 rings (SSSR count). The zero-order valence-corrected chi connectivity index (χ0v) is 11.8. The maximum atomic E-state index is 6.64. The first kappa shape index (κ1) is 13.4. The van der Waals surface area contributed by atoms with Crippen LogP contribution in [0, 0.1) is 23.7 Å². The molecule has 2 saturated carbocycles. The van der Waals surface area contributed by atoms with Crippen molar-refractivity contribution in [3.63, 3.8) is 0 Å². The molecule has 5 atom stereocenters. The average molecular weight is 237 g/mol. The summed E-state index contributed by atoms with van der Waals surface area (Å²) in [5.74, 6) is 3.60. The molecule has 2 fully saturated rings. The molecule has 0 radical (unpaired) electrons. The number of nitrogens with two attached hydrogens (primary N) is 1. The predicted octanol–water partition coefficient (Wildman–Crippen LogP) is 4.36. The summed E-state index contributed by atoms with van der Waals surface area (Å²) in [6, 6.07) is 0.511. The lowest BCUT2D eigenvalue weighted by Gasteiger charge is -2.37. The highest BCUT2D eigenvalue weighted by atomic mass is 14.7. The van der Waals surface area contributed by atoms with Gasteiger partial charge in [-0.25, -0.2) is 0 Å². The van der Waals surface area contributed by atoms with Gasteiger partial charge in [-0.1, -0.05) is 52.4 Å². The van der Waals surface area contributed by atoms with E-state index >= 15 is 0 Å². The van der Waals surface area contributed by atoms with Crippen LogP contribution in [0.25, 0.3) is 0 Å². The first-order valence-corrected chi connectivity index (χ1v) is 8.01. The van der Waals surface area contributed by atoms with Gasteiger partial charge in [-0.05, 0) is 42.9 Å². The lowest BCUT2D eigenvalue weighted by molar-refractivity contribution is 0.160. The molecule has 0 aromatic rings. The zero-order valence-electron chi connectivity index (χ0n) is 11.8. The van der Waals surface area contributed by atoms with Crippen LogP contribution in [0.5, 0.6) is 0 Å². The lowest BCUT2D eigenvalue weighted by atomic mass is 9.71. The van der Waals surface area contributed by atoms with E-state index in [0.29, 0.717) is 6.04 Å². The van der Waals surface area contributed by atoms with Crippen molar-refractivity contribution in [1.29, 1.82) is 0 Å². The van der Waals surface area contributed by atoms with Gasteiger partial charge in [0.25, 0.3) is 0 Å². The Morgan fingerprint density at radius 2 is 1.76 bits per heavy atom. The summed E-state index contributed by atoms with van der Waals surface area (Å²) in [5, 5.41) is 0. The fourth-order valence-corrected chi connectivity index (χ4v) is 4.43. The SMILES string of the molecule is CCC1CCC(C(N)C2CCCCC2CC)C1. The summed E-state index contributed by atoms with van der Waals surface area (Å²) >= 11 is 0. The highest BCUT2D eigenvalue weighted by molar-refractivity contribution is 4.90. The Bertz CT molecular complexity index is 226. The number of hydrogen-bond acceptors (Lipinski definition) is 1. The molecule has 2 aliphatic rings. The molecule has 2 aliphatic carbocycles. The van der Waals surface area contributed by atoms with Crippen molar-refractivity contribution < 1.29 is 0 Å². The molecule has 0 amide bonds. The van der Waals surface area contributed by atoms with Gasteiger partial charge in [0, 0.05) is 6.04 Å². The standard InChI is InChI=1S/C16H31N/c1-3-12-9-10-14(11-12)16(17)15-8-6-5-7-13(15)4-2/h12-16H,3-11,17H2,1-2H3. The van der Waals surface area contributed by atoms with Gasteiger partial charge in [0.1, 0.15) is 0 Å². The average Bonchev–Trinajstić information content (AvgIpc) is 2.86. The van der Waals surface area contributed by atoms with E-state index in [4.69, 9.17) is 5.73 Å². The molecule has 0 aromatic carbocycles. The van der Waals surface area contributed by atoms with E-state index in [9.17, 15) is 0 Å². The highest BCUT2D eigenvalue weighted by Crippen LogP contribution is 2.41. The minimum absolute atomic E-state index is 0.511. The topological polar surface area (TPSA) is 26.0 Å². The van der Waals surface area contributed by atoms with E-state index in [1.165, 1.54) is 57.8 Å². The Morgan fingerprint density at radius 1 is 1.00 bits per heavy atom. The first-order valence-electron chi connectivity index (χ1n) is 8.01. The summed E-state index contributed by atoms with van der Waals surface area (Å²) in [6.07, 6.45) is 12.7. The molecular weight excluding hydrogens is 206 g/mol. The van der Waals surface area contributed by atoms with Crippen LogP contribution in [0.4, 0.5) is 0 Å². The van der Waals surface area contributed by atoms with Gasteiger partial charge >= 0.3 is 0 Å². The second-order valence-electron chi connectivity index (χ2n) is 6.54. The van der Waals surface area contributed by atoms with Crippen LogP contribution < -0.4 is 5.73 Å². The second kappa shape index (κ2) is 6.22. The maximum absolute atomic E-state index is 6.64. The van der Waals surface area contributed by atoms with E-state index in [1.54, 1.807) is 0 Å². The van der Waals surface area contributed by atoms with Crippen molar-refractivity contribution in [1.82, 2.24) is 0 Å². The smallest absolute Gasteiger partial charge is 0.00983 e. The Labute approximate surface area is 108 Å². The maximum Gasteiger partial charge on any atom is 0.00983 e. The Morgan fingerprint density at radius 3 is 2.41 bits per heavy atom. The summed E-state index contributed by atoms with van der Waals surface area (Å²) in [7, 11) is 0. The van der Waals surface area contributed by atoms with Crippen LogP contribution in [0.3, 0.4) is 0 Å². The molecule has 0 spiro atoms. The van der Waals surface area contributed by atoms with Gasteiger partial charge in [0.15, 0.2) is 0 Å². The molecule has 0 heterocycles. The van der Waals surface area contributed by atoms with E-state index in [-0.39, 0.29) is 0 Å². The highest BCUT2D eigenvalue weighted by Gasteiger charge is 2.36. The zero-order chi connectivity index (χ0) is 12.3. The third kappa shape index (κ3) is 3.05. The van der Waals surface area contributed by atoms with Gasteiger partial charge in [0.2, 0.25) is 0 Å². The largest absolute Gasteiger partial charge is 0.327 e. The third-order valence-corrected chi connectivity index (χ3v) is 5.69. The molecule has 0 aliphatic heterocycles. The lowest BCUT2D eigenvalue weighted by Crippen LogP contribution is -2.41. The minimum Gasteiger partial charge on any atom is -0.327 e. The molecule has 0 aromatic heterocycles. The van der Waals surface area contributed by atoms with Crippen LogP contribution in [0.15, 0.2) is 0 Å². The van der Waals surface area contributed by atoms with E-state index in [2.05, 4.69) is 13.8 Å². The van der Waals surface area contributed by atoms with Crippen molar-refractivity contribution in [2.45, 2.75) is 77.7 Å². The van der Waals surface area contributed by atoms with Gasteiger partial charge in [0.05, 0.1) is 0 Å². The number of rotatable bonds is 4. The van der Waals surface area contributed by atoms with Crippen molar-refractivity contribution in [2.24, 2.45) is 29.4 Å². The van der Waals surface area contributed by atoms with Crippen molar-refractivity contribution in [3.8, 4) is 0 Å². The van der Waals surface area contributed by atoms with Crippen LogP contribution in [0.1, 0.15) is 71.6 Å². The molecule has 17 heavy (non-hydrogen) atoms. The monoisotopic (exact) mass is 237 g/mol. The Balaban J connectivity index is 1.91. The van der Waals surface area contributed by atoms with Gasteiger partial charge < -0.3 is 5.73 Å². The van der Waals surface area contributed by atoms with Gasteiger partial charge in [-0.2, -0.15) is 0 Å². The van der Waals surface area contributed by atoms with Gasteiger partial charge in [-0.15, -0.1) is 0 Å². The molecule has 1 heteroatoms. The molecular formula is C16H31N. The summed E-state index contributed by atoms with van der Waals surface area (Å²) in [5.41, 5.74) is 6.64. The summed E-state index contributed by atoms with van der Waals surface area (Å²) < 4.78 is 0. The number of hydrogen-bond donors (Lipinski definition) is 1.